The zero-order chi connectivity index (χ0) is 17.7. The summed E-state index contributed by atoms with van der Waals surface area (Å²) in [5.41, 5.74) is 0.973. The summed E-state index contributed by atoms with van der Waals surface area (Å²) in [6.07, 6.45) is 0. The van der Waals surface area contributed by atoms with E-state index in [1.807, 2.05) is 0 Å². The van der Waals surface area contributed by atoms with Crippen molar-refractivity contribution in [3.05, 3.63) is 59.7 Å². The molecule has 0 bridgehead atoms. The maximum atomic E-state index is 12.5. The van der Waals surface area contributed by atoms with Gasteiger partial charge in [0.25, 0.3) is 0 Å². The van der Waals surface area contributed by atoms with Crippen molar-refractivity contribution in [1.82, 2.24) is 4.72 Å². The predicted molar refractivity (Wildman–Crippen MR) is 89.5 cm³/mol. The highest BCUT2D eigenvalue weighted by Crippen LogP contribution is 2.20. The Morgan fingerprint density at radius 2 is 1.75 bits per heavy atom. The molecule has 0 heterocycles. The van der Waals surface area contributed by atoms with Crippen molar-refractivity contribution in [1.29, 1.82) is 0 Å². The molecule has 0 aliphatic carbocycles. The molecule has 1 N–H and O–H groups in total. The molecule has 6 nitrogen and oxygen atoms in total. The Kier molecular flexibility index (Phi) is 5.58. The highest BCUT2D eigenvalue weighted by atomic mass is 32.2. The van der Waals surface area contributed by atoms with E-state index in [4.69, 9.17) is 4.74 Å². The maximum Gasteiger partial charge on any atom is 0.337 e. The van der Waals surface area contributed by atoms with Crippen molar-refractivity contribution in [2.75, 3.05) is 14.2 Å². The molecule has 0 amide bonds. The molecule has 0 radical (unpaired) electrons. The number of ether oxygens (including phenoxy) is 2. The third-order valence-corrected chi connectivity index (χ3v) is 5.05. The Balaban J connectivity index is 2.22. The first-order valence-corrected chi connectivity index (χ1v) is 8.70. The van der Waals surface area contributed by atoms with Crippen molar-refractivity contribution in [3.63, 3.8) is 0 Å². The van der Waals surface area contributed by atoms with Crippen molar-refractivity contribution in [2.45, 2.75) is 17.9 Å². The number of methoxy groups -OCH3 is 2. The van der Waals surface area contributed by atoms with Crippen LogP contribution in [0.3, 0.4) is 0 Å². The number of hydrogen-bond acceptors (Lipinski definition) is 5. The summed E-state index contributed by atoms with van der Waals surface area (Å²) in [7, 11) is -0.968. The average Bonchev–Trinajstić information content (AvgIpc) is 2.60. The van der Waals surface area contributed by atoms with E-state index >= 15 is 0 Å². The molecule has 24 heavy (non-hydrogen) atoms. The van der Waals surface area contributed by atoms with E-state index < -0.39 is 22.0 Å². The summed E-state index contributed by atoms with van der Waals surface area (Å²) < 4.78 is 37.3. The number of benzene rings is 2. The first-order chi connectivity index (χ1) is 11.4. The Bertz CT molecular complexity index is 815. The fourth-order valence-corrected chi connectivity index (χ4v) is 3.45. The van der Waals surface area contributed by atoms with E-state index in [-0.39, 0.29) is 10.5 Å². The lowest BCUT2D eigenvalue weighted by atomic mass is 10.1. The summed E-state index contributed by atoms with van der Waals surface area (Å²) in [5.74, 6) is 0.106. The smallest absolute Gasteiger partial charge is 0.337 e. The first-order valence-electron chi connectivity index (χ1n) is 7.22. The van der Waals surface area contributed by atoms with Crippen molar-refractivity contribution in [3.8, 4) is 5.75 Å². The Labute approximate surface area is 141 Å². The first kappa shape index (κ1) is 18.0. The Morgan fingerprint density at radius 1 is 1.08 bits per heavy atom. The highest BCUT2D eigenvalue weighted by Gasteiger charge is 2.20. The van der Waals surface area contributed by atoms with Crippen LogP contribution in [0, 0.1) is 0 Å². The molecular weight excluding hydrogens is 330 g/mol. The predicted octanol–water partition coefficient (Wildman–Crippen LogP) is 2.52. The lowest BCUT2D eigenvalue weighted by Gasteiger charge is -2.15. The summed E-state index contributed by atoms with van der Waals surface area (Å²) in [5, 5.41) is 0. The van der Waals surface area contributed by atoms with E-state index in [2.05, 4.69) is 9.46 Å². The second-order valence-corrected chi connectivity index (χ2v) is 6.85. The molecule has 1 unspecified atom stereocenters. The van der Waals surface area contributed by atoms with Gasteiger partial charge in [-0.2, -0.15) is 0 Å². The topological polar surface area (TPSA) is 81.7 Å². The van der Waals surface area contributed by atoms with Crippen LogP contribution in [0.1, 0.15) is 28.9 Å². The minimum absolute atomic E-state index is 0.00533. The van der Waals surface area contributed by atoms with Crippen LogP contribution in [0.15, 0.2) is 53.4 Å². The van der Waals surface area contributed by atoms with Gasteiger partial charge in [0.1, 0.15) is 5.75 Å². The molecule has 0 fully saturated rings. The third-order valence-electron chi connectivity index (χ3n) is 3.51. The van der Waals surface area contributed by atoms with Crippen molar-refractivity contribution < 1.29 is 22.7 Å². The molecule has 0 aliphatic rings. The molecule has 2 aromatic carbocycles. The van der Waals surface area contributed by atoms with Gasteiger partial charge in [0.2, 0.25) is 10.0 Å². The maximum absolute atomic E-state index is 12.5. The van der Waals surface area contributed by atoms with Crippen LogP contribution in [0.2, 0.25) is 0 Å². The van der Waals surface area contributed by atoms with Crippen molar-refractivity contribution >= 4 is 16.0 Å². The van der Waals surface area contributed by atoms with Gasteiger partial charge in [0.05, 0.1) is 24.7 Å². The number of carbonyl (C=O) groups excluding carboxylic acids is 1. The summed E-state index contributed by atoms with van der Waals surface area (Å²) in [6, 6.07) is 12.4. The van der Waals surface area contributed by atoms with E-state index in [0.29, 0.717) is 5.75 Å². The zero-order valence-electron chi connectivity index (χ0n) is 13.6. The minimum atomic E-state index is -3.78. The zero-order valence-corrected chi connectivity index (χ0v) is 14.5. The molecule has 0 spiro atoms. The van der Waals surface area contributed by atoms with Crippen molar-refractivity contribution in [2.24, 2.45) is 0 Å². The number of nitrogens with one attached hydrogen (secondary N) is 1. The van der Waals surface area contributed by atoms with E-state index in [9.17, 15) is 13.2 Å². The monoisotopic (exact) mass is 349 g/mol. The van der Waals surface area contributed by atoms with Crippen LogP contribution in [-0.2, 0) is 14.8 Å². The molecule has 0 saturated carbocycles. The number of esters is 1. The SMILES string of the molecule is COC(=O)c1cccc(S(=O)(=O)NC(C)c2ccc(OC)cc2)c1. The van der Waals surface area contributed by atoms with Gasteiger partial charge in [0, 0.05) is 6.04 Å². The summed E-state index contributed by atoms with van der Waals surface area (Å²) in [4.78, 5) is 11.6. The van der Waals surface area contributed by atoms with Crippen LogP contribution in [0.5, 0.6) is 5.75 Å². The van der Waals surface area contributed by atoms with Gasteiger partial charge in [-0.15, -0.1) is 0 Å². The standard InChI is InChI=1S/C17H19NO5S/c1-12(13-7-9-15(22-2)10-8-13)18-24(20,21)16-6-4-5-14(11-16)17(19)23-3/h4-12,18H,1-3H3. The van der Waals surface area contributed by atoms with Gasteiger partial charge in [-0.25, -0.2) is 17.9 Å². The minimum Gasteiger partial charge on any atom is -0.497 e. The highest BCUT2D eigenvalue weighted by molar-refractivity contribution is 7.89. The molecule has 0 aliphatic heterocycles. The molecular formula is C17H19NO5S. The fraction of sp³-hybridized carbons (Fsp3) is 0.235. The Hall–Kier alpha value is -2.38. The number of rotatable bonds is 6. The van der Waals surface area contributed by atoms with Gasteiger partial charge in [-0.05, 0) is 42.8 Å². The normalized spacial score (nSPS) is 12.5. The van der Waals surface area contributed by atoms with Crippen LogP contribution < -0.4 is 9.46 Å². The largest absolute Gasteiger partial charge is 0.497 e. The second-order valence-electron chi connectivity index (χ2n) is 5.14. The quantitative estimate of drug-likeness (QED) is 0.811. The fourth-order valence-electron chi connectivity index (χ4n) is 2.17. The molecule has 0 saturated heterocycles. The molecule has 7 heteroatoms. The summed E-state index contributed by atoms with van der Waals surface area (Å²) in [6.45, 7) is 1.74. The van der Waals surface area contributed by atoms with E-state index in [1.165, 1.54) is 31.4 Å². The van der Waals surface area contributed by atoms with E-state index in [1.54, 1.807) is 38.3 Å². The summed E-state index contributed by atoms with van der Waals surface area (Å²) >= 11 is 0. The van der Waals surface area contributed by atoms with Gasteiger partial charge >= 0.3 is 5.97 Å². The number of hydrogen-bond donors (Lipinski definition) is 1. The average molecular weight is 349 g/mol. The lowest BCUT2D eigenvalue weighted by Crippen LogP contribution is -2.27. The van der Waals surface area contributed by atoms with Gasteiger partial charge < -0.3 is 9.47 Å². The third kappa shape index (κ3) is 4.12. The molecule has 2 rings (SSSR count). The number of carbonyl (C=O) groups is 1. The molecule has 2 aromatic rings. The van der Waals surface area contributed by atoms with Gasteiger partial charge in [0.15, 0.2) is 0 Å². The van der Waals surface area contributed by atoms with Crippen LogP contribution in [0.25, 0.3) is 0 Å². The van der Waals surface area contributed by atoms with Crippen LogP contribution in [0.4, 0.5) is 0 Å². The van der Waals surface area contributed by atoms with E-state index in [0.717, 1.165) is 5.56 Å². The lowest BCUT2D eigenvalue weighted by molar-refractivity contribution is 0.0600. The van der Waals surface area contributed by atoms with Crippen LogP contribution >= 0.6 is 0 Å². The molecule has 0 aromatic heterocycles. The number of sulfonamides is 1. The Morgan fingerprint density at radius 3 is 2.33 bits per heavy atom. The molecule has 1 atom stereocenters. The van der Waals surface area contributed by atoms with Gasteiger partial charge in [-0.3, -0.25) is 0 Å². The second kappa shape index (κ2) is 7.46. The molecule has 128 valence electrons. The van der Waals surface area contributed by atoms with Gasteiger partial charge in [-0.1, -0.05) is 18.2 Å². The van der Waals surface area contributed by atoms with Crippen LogP contribution in [-0.4, -0.2) is 28.6 Å².